The van der Waals surface area contributed by atoms with Crippen LogP contribution in [0.25, 0.3) is 10.9 Å². The van der Waals surface area contributed by atoms with Gasteiger partial charge in [-0.3, -0.25) is 9.59 Å². The first-order valence-corrected chi connectivity index (χ1v) is 8.94. The van der Waals surface area contributed by atoms with Crippen molar-refractivity contribution in [3.8, 4) is 0 Å². The molecule has 2 aromatic carbocycles. The van der Waals surface area contributed by atoms with Crippen LogP contribution in [0.4, 0.5) is 8.78 Å². The van der Waals surface area contributed by atoms with Crippen LogP contribution in [0.3, 0.4) is 0 Å². The molecule has 1 heterocycles. The number of nitrogens with zero attached hydrogens (tertiary/aromatic N) is 2. The Morgan fingerprint density at radius 1 is 1.21 bits per heavy atom. The Bertz CT molecular complexity index is 1170. The van der Waals surface area contributed by atoms with Gasteiger partial charge in [0.1, 0.15) is 17.2 Å². The lowest BCUT2D eigenvalue weighted by Crippen LogP contribution is -2.27. The number of benzene rings is 2. The highest BCUT2D eigenvalue weighted by Crippen LogP contribution is 2.37. The molecule has 28 heavy (non-hydrogen) atoms. The van der Waals surface area contributed by atoms with Crippen molar-refractivity contribution in [2.24, 2.45) is 5.10 Å². The molecular weight excluding hydrogens is 388 g/mol. The molecule has 0 radical (unpaired) electrons. The van der Waals surface area contributed by atoms with E-state index in [1.54, 1.807) is 4.57 Å². The first-order chi connectivity index (χ1) is 13.4. The van der Waals surface area contributed by atoms with Gasteiger partial charge in [-0.05, 0) is 42.7 Å². The fourth-order valence-corrected chi connectivity index (χ4v) is 3.09. The summed E-state index contributed by atoms with van der Waals surface area (Å²) in [6, 6.07) is 8.11. The molecule has 0 unspecified atom stereocenters. The Hall–Kier alpha value is -3.06. The standard InChI is InChI=1S/C20H14ClF2N3O2/c21-16-8-18-14(7-17(16)23)19(27)15(10-26(18)13-5-6-13)20(28)25-24-9-11-1-3-12(22)4-2-11/h1-4,7-10,13H,5-6H2,(H,25,28)/b24-9-. The molecule has 1 aliphatic carbocycles. The number of hydrazone groups is 1. The van der Waals surface area contributed by atoms with Crippen molar-refractivity contribution in [2.45, 2.75) is 18.9 Å². The molecule has 4 rings (SSSR count). The van der Waals surface area contributed by atoms with E-state index in [2.05, 4.69) is 10.5 Å². The van der Waals surface area contributed by atoms with Crippen LogP contribution in [0.5, 0.6) is 0 Å². The number of amides is 1. The Balaban J connectivity index is 1.68. The lowest BCUT2D eigenvalue weighted by Gasteiger charge is -2.12. The molecule has 0 atom stereocenters. The normalized spacial score (nSPS) is 14.0. The van der Waals surface area contributed by atoms with Crippen LogP contribution in [0, 0.1) is 11.6 Å². The fourth-order valence-electron chi connectivity index (χ4n) is 2.94. The zero-order valence-corrected chi connectivity index (χ0v) is 15.2. The van der Waals surface area contributed by atoms with Crippen molar-refractivity contribution in [2.75, 3.05) is 0 Å². The molecule has 0 aliphatic heterocycles. The number of hydrogen-bond donors (Lipinski definition) is 1. The Morgan fingerprint density at radius 2 is 1.93 bits per heavy atom. The summed E-state index contributed by atoms with van der Waals surface area (Å²) in [5, 5.41) is 3.81. The largest absolute Gasteiger partial charge is 0.343 e. The third-order valence-electron chi connectivity index (χ3n) is 4.51. The highest BCUT2D eigenvalue weighted by atomic mass is 35.5. The number of halogens is 3. The average Bonchev–Trinajstić information content (AvgIpc) is 3.50. The second-order valence-corrected chi connectivity index (χ2v) is 6.95. The van der Waals surface area contributed by atoms with Crippen LogP contribution in [-0.2, 0) is 0 Å². The summed E-state index contributed by atoms with van der Waals surface area (Å²) in [5.41, 5.74) is 2.61. The summed E-state index contributed by atoms with van der Waals surface area (Å²) in [5.74, 6) is -1.82. The molecule has 1 aliphatic rings. The van der Waals surface area contributed by atoms with Crippen molar-refractivity contribution in [3.63, 3.8) is 0 Å². The second kappa shape index (κ2) is 7.16. The van der Waals surface area contributed by atoms with E-state index in [0.29, 0.717) is 11.1 Å². The van der Waals surface area contributed by atoms with Crippen molar-refractivity contribution in [3.05, 3.63) is 80.6 Å². The molecular formula is C20H14ClF2N3O2. The summed E-state index contributed by atoms with van der Waals surface area (Å²) in [6.07, 6.45) is 4.59. The van der Waals surface area contributed by atoms with Crippen LogP contribution < -0.4 is 10.9 Å². The third kappa shape index (κ3) is 3.53. The highest BCUT2D eigenvalue weighted by Gasteiger charge is 2.27. The van der Waals surface area contributed by atoms with Crippen LogP contribution in [0.15, 0.2) is 52.5 Å². The minimum atomic E-state index is -0.722. The minimum absolute atomic E-state index is 0.0811. The predicted octanol–water partition coefficient (Wildman–Crippen LogP) is 4.03. The third-order valence-corrected chi connectivity index (χ3v) is 4.80. The van der Waals surface area contributed by atoms with Crippen LogP contribution in [-0.4, -0.2) is 16.7 Å². The molecule has 5 nitrogen and oxygen atoms in total. The number of aromatic nitrogens is 1. The summed E-state index contributed by atoms with van der Waals surface area (Å²) in [7, 11) is 0. The average molecular weight is 402 g/mol. The summed E-state index contributed by atoms with van der Waals surface area (Å²) < 4.78 is 28.6. The number of carbonyl (C=O) groups excluding carboxylic acids is 1. The van der Waals surface area contributed by atoms with Gasteiger partial charge in [0.15, 0.2) is 0 Å². The van der Waals surface area contributed by atoms with E-state index in [1.165, 1.54) is 42.7 Å². The number of carbonyl (C=O) groups is 1. The molecule has 0 saturated heterocycles. The van der Waals surface area contributed by atoms with E-state index in [0.717, 1.165) is 18.9 Å². The van der Waals surface area contributed by atoms with E-state index in [9.17, 15) is 18.4 Å². The molecule has 1 saturated carbocycles. The summed E-state index contributed by atoms with van der Waals surface area (Å²) in [6.45, 7) is 0. The van der Waals surface area contributed by atoms with Crippen molar-refractivity contribution in [1.82, 2.24) is 9.99 Å². The van der Waals surface area contributed by atoms with Gasteiger partial charge < -0.3 is 4.57 Å². The number of pyridine rings is 1. The minimum Gasteiger partial charge on any atom is -0.343 e. The first-order valence-electron chi connectivity index (χ1n) is 8.57. The van der Waals surface area contributed by atoms with E-state index in [1.807, 2.05) is 0 Å². The monoisotopic (exact) mass is 401 g/mol. The maximum Gasteiger partial charge on any atom is 0.276 e. The fraction of sp³-hybridized carbons (Fsp3) is 0.150. The van der Waals surface area contributed by atoms with Gasteiger partial charge in [0, 0.05) is 17.6 Å². The van der Waals surface area contributed by atoms with E-state index in [-0.39, 0.29) is 27.8 Å². The van der Waals surface area contributed by atoms with Gasteiger partial charge >= 0.3 is 0 Å². The molecule has 142 valence electrons. The van der Waals surface area contributed by atoms with Crippen LogP contribution in [0.2, 0.25) is 5.02 Å². The van der Waals surface area contributed by atoms with Gasteiger partial charge in [0.05, 0.1) is 16.8 Å². The number of hydrogen-bond acceptors (Lipinski definition) is 3. The molecule has 1 N–H and O–H groups in total. The zero-order chi connectivity index (χ0) is 19.8. The Morgan fingerprint density at radius 3 is 2.61 bits per heavy atom. The highest BCUT2D eigenvalue weighted by molar-refractivity contribution is 6.31. The van der Waals surface area contributed by atoms with Gasteiger partial charge in [-0.15, -0.1) is 0 Å². The Kier molecular flexibility index (Phi) is 4.68. The first kappa shape index (κ1) is 18.3. The maximum absolute atomic E-state index is 13.9. The van der Waals surface area contributed by atoms with Crippen LogP contribution in [0.1, 0.15) is 34.8 Å². The van der Waals surface area contributed by atoms with Crippen molar-refractivity contribution >= 4 is 34.6 Å². The number of fused-ring (bicyclic) bond motifs is 1. The van der Waals surface area contributed by atoms with E-state index < -0.39 is 17.2 Å². The van der Waals surface area contributed by atoms with E-state index >= 15 is 0 Å². The summed E-state index contributed by atoms with van der Waals surface area (Å²) >= 11 is 5.86. The molecule has 1 fully saturated rings. The number of nitrogens with one attached hydrogen (secondary N) is 1. The second-order valence-electron chi connectivity index (χ2n) is 6.54. The van der Waals surface area contributed by atoms with E-state index in [4.69, 9.17) is 11.6 Å². The SMILES string of the molecule is O=C(N/N=C\c1ccc(F)cc1)c1cn(C2CC2)c2cc(Cl)c(F)cc2c1=O. The molecule has 1 aromatic heterocycles. The van der Waals surface area contributed by atoms with Crippen molar-refractivity contribution < 1.29 is 13.6 Å². The topological polar surface area (TPSA) is 63.5 Å². The van der Waals surface area contributed by atoms with Crippen molar-refractivity contribution in [1.29, 1.82) is 0 Å². The maximum atomic E-state index is 13.9. The quantitative estimate of drug-likeness (QED) is 0.530. The smallest absolute Gasteiger partial charge is 0.276 e. The Labute approximate surface area is 163 Å². The molecule has 3 aromatic rings. The summed E-state index contributed by atoms with van der Waals surface area (Å²) in [4.78, 5) is 25.2. The van der Waals surface area contributed by atoms with Gasteiger partial charge in [-0.2, -0.15) is 5.10 Å². The molecule has 8 heteroatoms. The number of rotatable bonds is 4. The van der Waals surface area contributed by atoms with Gasteiger partial charge in [0.2, 0.25) is 5.43 Å². The molecule has 1 amide bonds. The molecule has 0 bridgehead atoms. The lowest BCUT2D eigenvalue weighted by molar-refractivity contribution is 0.0953. The zero-order valence-electron chi connectivity index (χ0n) is 14.5. The predicted molar refractivity (Wildman–Crippen MR) is 103 cm³/mol. The lowest BCUT2D eigenvalue weighted by atomic mass is 10.1. The molecule has 0 spiro atoms. The van der Waals surface area contributed by atoms with Gasteiger partial charge in [0.25, 0.3) is 5.91 Å². The van der Waals surface area contributed by atoms with Gasteiger partial charge in [-0.25, -0.2) is 14.2 Å². The van der Waals surface area contributed by atoms with Crippen LogP contribution >= 0.6 is 11.6 Å². The van der Waals surface area contributed by atoms with Gasteiger partial charge in [-0.1, -0.05) is 23.7 Å².